The molecule has 0 bridgehead atoms. The summed E-state index contributed by atoms with van der Waals surface area (Å²) in [6.07, 6.45) is 0.601. The van der Waals surface area contributed by atoms with E-state index in [1.54, 1.807) is 12.1 Å². The Morgan fingerprint density at radius 1 is 1.27 bits per heavy atom. The minimum atomic E-state index is -3.15. The Kier molecular flexibility index (Phi) is 3.71. The van der Waals surface area contributed by atoms with Crippen molar-refractivity contribution in [2.45, 2.75) is 18.2 Å². The van der Waals surface area contributed by atoms with Gasteiger partial charge in [0.05, 0.1) is 16.3 Å². The third kappa shape index (κ3) is 2.94. The summed E-state index contributed by atoms with van der Waals surface area (Å²) in [6, 6.07) is 6.16. The van der Waals surface area contributed by atoms with E-state index < -0.39 is 9.84 Å². The van der Waals surface area contributed by atoms with Gasteiger partial charge < -0.3 is 0 Å². The first-order valence-corrected chi connectivity index (χ1v) is 6.38. The summed E-state index contributed by atoms with van der Waals surface area (Å²) in [4.78, 5) is 0.301. The molecule has 1 N–H and O–H groups in total. The topological polar surface area (TPSA) is 57.6 Å². The zero-order valence-corrected chi connectivity index (χ0v) is 9.66. The van der Waals surface area contributed by atoms with E-state index in [0.29, 0.717) is 17.0 Å². The lowest BCUT2D eigenvalue weighted by atomic mass is 10.3. The summed E-state index contributed by atoms with van der Waals surface area (Å²) in [6.45, 7) is 1.83. The van der Waals surface area contributed by atoms with Crippen molar-refractivity contribution in [3.63, 3.8) is 0 Å². The van der Waals surface area contributed by atoms with Crippen molar-refractivity contribution >= 4 is 15.5 Å². The van der Waals surface area contributed by atoms with Crippen molar-refractivity contribution in [1.29, 1.82) is 0 Å². The molecule has 0 saturated carbocycles. The number of hydrogen-bond acceptors (Lipinski definition) is 4. The van der Waals surface area contributed by atoms with E-state index >= 15 is 0 Å². The molecule has 1 aromatic carbocycles. The lowest BCUT2D eigenvalue weighted by Crippen LogP contribution is -2.10. The molecule has 1 aromatic rings. The first-order valence-electron chi connectivity index (χ1n) is 4.73. The van der Waals surface area contributed by atoms with Crippen LogP contribution in [0.1, 0.15) is 13.3 Å². The lowest BCUT2D eigenvalue weighted by molar-refractivity contribution is 0.279. The first-order chi connectivity index (χ1) is 6.97. The van der Waals surface area contributed by atoms with Gasteiger partial charge in [-0.25, -0.2) is 8.42 Å². The molecule has 5 heteroatoms. The van der Waals surface area contributed by atoms with E-state index in [2.05, 4.69) is 0 Å². The van der Waals surface area contributed by atoms with Crippen LogP contribution in [-0.4, -0.2) is 26.4 Å². The van der Waals surface area contributed by atoms with Crippen molar-refractivity contribution in [2.24, 2.45) is 0 Å². The van der Waals surface area contributed by atoms with Crippen LogP contribution in [0.4, 0.5) is 5.69 Å². The number of hydrogen-bond donors (Lipinski definition) is 1. The van der Waals surface area contributed by atoms with E-state index in [0.717, 1.165) is 5.06 Å². The summed E-state index contributed by atoms with van der Waals surface area (Å²) in [5.74, 6) is 0.154. The quantitative estimate of drug-likeness (QED) is 0.798. The molecule has 15 heavy (non-hydrogen) atoms. The predicted molar refractivity (Wildman–Crippen MR) is 59.0 cm³/mol. The van der Waals surface area contributed by atoms with Crippen LogP contribution in [-0.2, 0) is 9.84 Å². The molecule has 0 aliphatic carbocycles. The molecule has 84 valence electrons. The molecule has 0 radical (unpaired) electrons. The van der Waals surface area contributed by atoms with Crippen LogP contribution in [0.25, 0.3) is 0 Å². The second-order valence-electron chi connectivity index (χ2n) is 3.34. The van der Waals surface area contributed by atoms with Crippen LogP contribution < -0.4 is 5.06 Å². The van der Waals surface area contributed by atoms with Crippen LogP contribution in [0, 0.1) is 0 Å². The summed E-state index contributed by atoms with van der Waals surface area (Å²) in [5.41, 5.74) is 0.561. The Morgan fingerprint density at radius 2 is 1.80 bits per heavy atom. The summed E-state index contributed by atoms with van der Waals surface area (Å²) in [7, 11) is -1.67. The predicted octanol–water partition coefficient (Wildman–Crippen LogP) is 1.70. The number of anilines is 1. The fourth-order valence-electron chi connectivity index (χ4n) is 1.26. The number of nitrogens with zero attached hydrogens (tertiary/aromatic N) is 1. The van der Waals surface area contributed by atoms with Crippen molar-refractivity contribution in [3.05, 3.63) is 24.3 Å². The summed E-state index contributed by atoms with van der Waals surface area (Å²) in [5, 5.41) is 10.0. The van der Waals surface area contributed by atoms with Crippen molar-refractivity contribution in [1.82, 2.24) is 0 Å². The van der Waals surface area contributed by atoms with E-state index in [9.17, 15) is 8.42 Å². The molecular formula is C10H15NO3S. The monoisotopic (exact) mass is 229 g/mol. The largest absolute Gasteiger partial charge is 0.289 e. The molecule has 0 spiro atoms. The number of hydroxylamine groups is 1. The maximum absolute atomic E-state index is 11.6. The van der Waals surface area contributed by atoms with Gasteiger partial charge in [0.1, 0.15) is 0 Å². The molecule has 4 nitrogen and oxygen atoms in total. The highest BCUT2D eigenvalue weighted by Crippen LogP contribution is 2.17. The van der Waals surface area contributed by atoms with Gasteiger partial charge in [0.15, 0.2) is 9.84 Å². The van der Waals surface area contributed by atoms with Crippen LogP contribution in [0.2, 0.25) is 0 Å². The molecule has 0 atom stereocenters. The minimum Gasteiger partial charge on any atom is -0.289 e. The average Bonchev–Trinajstić information content (AvgIpc) is 2.18. The minimum absolute atomic E-state index is 0.154. The van der Waals surface area contributed by atoms with Crippen LogP contribution >= 0.6 is 0 Å². The smallest absolute Gasteiger partial charge is 0.178 e. The zero-order valence-electron chi connectivity index (χ0n) is 8.84. The van der Waals surface area contributed by atoms with Gasteiger partial charge in [-0.3, -0.25) is 10.3 Å². The van der Waals surface area contributed by atoms with Gasteiger partial charge in [0, 0.05) is 7.05 Å². The fraction of sp³-hybridized carbons (Fsp3) is 0.400. The normalized spacial score (nSPS) is 11.4. The lowest BCUT2D eigenvalue weighted by Gasteiger charge is -2.10. The highest BCUT2D eigenvalue weighted by molar-refractivity contribution is 7.91. The van der Waals surface area contributed by atoms with Gasteiger partial charge in [0.2, 0.25) is 0 Å². The average molecular weight is 229 g/mol. The van der Waals surface area contributed by atoms with Crippen LogP contribution in [0.5, 0.6) is 0 Å². The standard InChI is InChI=1S/C10H15NO3S/c1-3-8-15(13,14)10-6-4-9(5-7-10)11(2)12/h4-7,12H,3,8H2,1-2H3. The van der Waals surface area contributed by atoms with Crippen molar-refractivity contribution in [3.8, 4) is 0 Å². The highest BCUT2D eigenvalue weighted by atomic mass is 32.2. The number of benzene rings is 1. The summed E-state index contributed by atoms with van der Waals surface area (Å²) < 4.78 is 23.3. The highest BCUT2D eigenvalue weighted by Gasteiger charge is 2.12. The Hall–Kier alpha value is -1.07. The fourth-order valence-corrected chi connectivity index (χ4v) is 2.58. The molecular weight excluding hydrogens is 214 g/mol. The maximum atomic E-state index is 11.6. The van der Waals surface area contributed by atoms with Gasteiger partial charge in [0.25, 0.3) is 0 Å². The van der Waals surface area contributed by atoms with Crippen molar-refractivity contribution in [2.75, 3.05) is 17.9 Å². The third-order valence-electron chi connectivity index (χ3n) is 2.04. The molecule has 1 rings (SSSR count). The zero-order chi connectivity index (χ0) is 11.5. The van der Waals surface area contributed by atoms with Crippen LogP contribution in [0.3, 0.4) is 0 Å². The molecule has 0 aliphatic heterocycles. The Balaban J connectivity index is 2.99. The first kappa shape index (κ1) is 12.0. The number of rotatable bonds is 4. The molecule has 0 fully saturated rings. The Labute approximate surface area is 90.0 Å². The SMILES string of the molecule is CCCS(=O)(=O)c1ccc(N(C)O)cc1. The maximum Gasteiger partial charge on any atom is 0.178 e. The molecule has 0 saturated heterocycles. The second kappa shape index (κ2) is 4.63. The Morgan fingerprint density at radius 3 is 2.20 bits per heavy atom. The molecule has 0 unspecified atom stereocenters. The van der Waals surface area contributed by atoms with E-state index in [-0.39, 0.29) is 5.75 Å². The van der Waals surface area contributed by atoms with E-state index in [4.69, 9.17) is 5.21 Å². The third-order valence-corrected chi connectivity index (χ3v) is 3.98. The number of sulfone groups is 1. The van der Waals surface area contributed by atoms with E-state index in [1.807, 2.05) is 6.92 Å². The van der Waals surface area contributed by atoms with Gasteiger partial charge in [-0.15, -0.1) is 0 Å². The Bertz CT molecular complexity index is 409. The van der Waals surface area contributed by atoms with Crippen molar-refractivity contribution < 1.29 is 13.6 Å². The second-order valence-corrected chi connectivity index (χ2v) is 5.45. The molecule has 0 heterocycles. The van der Waals surface area contributed by atoms with Gasteiger partial charge in [-0.05, 0) is 30.7 Å². The van der Waals surface area contributed by atoms with Gasteiger partial charge in [-0.2, -0.15) is 0 Å². The van der Waals surface area contributed by atoms with Gasteiger partial charge >= 0.3 is 0 Å². The summed E-state index contributed by atoms with van der Waals surface area (Å²) >= 11 is 0. The molecule has 0 aromatic heterocycles. The molecule has 0 amide bonds. The van der Waals surface area contributed by atoms with Gasteiger partial charge in [-0.1, -0.05) is 6.92 Å². The molecule has 0 aliphatic rings. The van der Waals surface area contributed by atoms with E-state index in [1.165, 1.54) is 19.2 Å². The van der Waals surface area contributed by atoms with Crippen LogP contribution in [0.15, 0.2) is 29.2 Å².